The zero-order valence-electron chi connectivity index (χ0n) is 7.67. The second kappa shape index (κ2) is 3.34. The molecule has 0 saturated heterocycles. The van der Waals surface area contributed by atoms with Crippen molar-refractivity contribution in [2.75, 3.05) is 0 Å². The fourth-order valence-corrected chi connectivity index (χ4v) is 1.34. The molecule has 1 aromatic rings. The van der Waals surface area contributed by atoms with Gasteiger partial charge in [-0.05, 0) is 12.1 Å². The second-order valence-corrected chi connectivity index (χ2v) is 3.77. The van der Waals surface area contributed by atoms with Gasteiger partial charge >= 0.3 is 0 Å². The minimum Gasteiger partial charge on any atom is -0.473 e. The Morgan fingerprint density at radius 1 is 1.60 bits per heavy atom. The van der Waals surface area contributed by atoms with Gasteiger partial charge in [-0.3, -0.25) is 4.79 Å². The van der Waals surface area contributed by atoms with Gasteiger partial charge in [0.2, 0.25) is 0 Å². The number of carbonyl (C=O) groups excluding carboxylic acids is 1. The standard InChI is InChI=1S/C9H8ClFN2O2/c10-6-2-1-5(7(11)13-6)15-9(3-4-9)8(12)14/h1-2H,3-4H2,(H2,12,14). The number of halogens is 2. The Morgan fingerprint density at radius 3 is 2.73 bits per heavy atom. The lowest BCUT2D eigenvalue weighted by atomic mass is 10.3. The first kappa shape index (κ1) is 10.2. The number of nitrogens with two attached hydrogens (primary N) is 1. The van der Waals surface area contributed by atoms with E-state index in [9.17, 15) is 9.18 Å². The first-order chi connectivity index (χ1) is 7.03. The highest BCUT2D eigenvalue weighted by molar-refractivity contribution is 6.29. The second-order valence-electron chi connectivity index (χ2n) is 3.38. The van der Waals surface area contributed by atoms with Crippen LogP contribution in [0, 0.1) is 5.95 Å². The van der Waals surface area contributed by atoms with Crippen LogP contribution in [-0.2, 0) is 4.79 Å². The molecule has 0 radical (unpaired) electrons. The third-order valence-corrected chi connectivity index (χ3v) is 2.45. The van der Waals surface area contributed by atoms with Gasteiger partial charge < -0.3 is 10.5 Å². The third kappa shape index (κ3) is 1.87. The molecule has 0 unspecified atom stereocenters. The van der Waals surface area contributed by atoms with Gasteiger partial charge in [-0.2, -0.15) is 4.39 Å². The summed E-state index contributed by atoms with van der Waals surface area (Å²) in [5.74, 6) is -1.53. The lowest BCUT2D eigenvalue weighted by molar-refractivity contribution is -0.126. The summed E-state index contributed by atoms with van der Waals surface area (Å²) in [7, 11) is 0. The SMILES string of the molecule is NC(=O)C1(Oc2ccc(Cl)nc2F)CC1. The van der Waals surface area contributed by atoms with E-state index in [0.717, 1.165) is 0 Å². The van der Waals surface area contributed by atoms with Crippen molar-refractivity contribution in [2.45, 2.75) is 18.4 Å². The quantitative estimate of drug-likeness (QED) is 0.796. The van der Waals surface area contributed by atoms with E-state index in [0.29, 0.717) is 12.8 Å². The maximum absolute atomic E-state index is 13.2. The average molecular weight is 231 g/mol. The molecule has 1 aliphatic carbocycles. The summed E-state index contributed by atoms with van der Waals surface area (Å²) in [6.45, 7) is 0. The van der Waals surface area contributed by atoms with E-state index in [1.54, 1.807) is 0 Å². The van der Waals surface area contributed by atoms with E-state index in [1.807, 2.05) is 0 Å². The molecule has 6 heteroatoms. The first-order valence-corrected chi connectivity index (χ1v) is 4.72. The van der Waals surface area contributed by atoms with Gasteiger partial charge in [0.25, 0.3) is 11.9 Å². The number of pyridine rings is 1. The molecule has 0 bridgehead atoms. The molecule has 1 aliphatic rings. The van der Waals surface area contributed by atoms with Crippen LogP contribution in [0.1, 0.15) is 12.8 Å². The summed E-state index contributed by atoms with van der Waals surface area (Å²) in [4.78, 5) is 14.4. The number of carbonyl (C=O) groups is 1. The lowest BCUT2D eigenvalue weighted by Crippen LogP contribution is -2.36. The predicted octanol–water partition coefficient (Wildman–Crippen LogP) is 1.27. The van der Waals surface area contributed by atoms with Crippen molar-refractivity contribution in [1.82, 2.24) is 4.98 Å². The van der Waals surface area contributed by atoms with E-state index in [1.165, 1.54) is 12.1 Å². The molecule has 0 aromatic carbocycles. The Bertz CT molecular complexity index is 421. The number of nitrogens with zero attached hydrogens (tertiary/aromatic N) is 1. The molecule has 15 heavy (non-hydrogen) atoms. The highest BCUT2D eigenvalue weighted by Gasteiger charge is 2.52. The molecule has 80 valence electrons. The topological polar surface area (TPSA) is 65.2 Å². The van der Waals surface area contributed by atoms with Gasteiger partial charge in [-0.25, -0.2) is 4.98 Å². The smallest absolute Gasteiger partial charge is 0.261 e. The number of amides is 1. The van der Waals surface area contributed by atoms with Crippen molar-refractivity contribution >= 4 is 17.5 Å². The van der Waals surface area contributed by atoms with Crippen molar-refractivity contribution < 1.29 is 13.9 Å². The minimum absolute atomic E-state index is 0.0313. The van der Waals surface area contributed by atoms with Gasteiger partial charge in [0.05, 0.1) is 0 Å². The van der Waals surface area contributed by atoms with Crippen LogP contribution in [0.3, 0.4) is 0 Å². The third-order valence-electron chi connectivity index (χ3n) is 2.24. The summed E-state index contributed by atoms with van der Waals surface area (Å²) in [6, 6.07) is 2.71. The summed E-state index contributed by atoms with van der Waals surface area (Å²) in [5.41, 5.74) is 4.08. The van der Waals surface area contributed by atoms with Gasteiger partial charge in [-0.1, -0.05) is 11.6 Å². The number of aromatic nitrogens is 1. The summed E-state index contributed by atoms with van der Waals surface area (Å²) in [5, 5.41) is 0.0313. The molecule has 1 saturated carbocycles. The van der Waals surface area contributed by atoms with E-state index < -0.39 is 17.5 Å². The predicted molar refractivity (Wildman–Crippen MR) is 51.0 cm³/mol. The first-order valence-electron chi connectivity index (χ1n) is 4.34. The molecule has 2 rings (SSSR count). The lowest BCUT2D eigenvalue weighted by Gasteiger charge is -2.14. The summed E-state index contributed by atoms with van der Waals surface area (Å²) in [6.07, 6.45) is 1.01. The highest BCUT2D eigenvalue weighted by atomic mass is 35.5. The highest BCUT2D eigenvalue weighted by Crippen LogP contribution is 2.40. The fourth-order valence-electron chi connectivity index (χ4n) is 1.20. The van der Waals surface area contributed by atoms with E-state index in [2.05, 4.69) is 4.98 Å². The minimum atomic E-state index is -1.05. The van der Waals surface area contributed by atoms with Crippen LogP contribution in [-0.4, -0.2) is 16.5 Å². The fraction of sp³-hybridized carbons (Fsp3) is 0.333. The molecule has 0 spiro atoms. The van der Waals surface area contributed by atoms with E-state index in [-0.39, 0.29) is 10.9 Å². The molecular formula is C9H8ClFN2O2. The van der Waals surface area contributed by atoms with Crippen LogP contribution in [0.4, 0.5) is 4.39 Å². The van der Waals surface area contributed by atoms with Gasteiger partial charge in [0, 0.05) is 12.8 Å². The number of hydrogen-bond donors (Lipinski definition) is 1. The van der Waals surface area contributed by atoms with Crippen LogP contribution in [0.25, 0.3) is 0 Å². The summed E-state index contributed by atoms with van der Waals surface area (Å²) >= 11 is 5.47. The molecule has 0 atom stereocenters. The Balaban J connectivity index is 2.21. The van der Waals surface area contributed by atoms with E-state index >= 15 is 0 Å². The zero-order valence-corrected chi connectivity index (χ0v) is 8.42. The van der Waals surface area contributed by atoms with Crippen LogP contribution in [0.15, 0.2) is 12.1 Å². The molecule has 4 nitrogen and oxygen atoms in total. The number of primary amides is 1. The van der Waals surface area contributed by atoms with Crippen molar-refractivity contribution in [3.63, 3.8) is 0 Å². The molecule has 1 amide bonds. The van der Waals surface area contributed by atoms with Gasteiger partial charge in [0.15, 0.2) is 11.4 Å². The molecule has 1 fully saturated rings. The Labute approximate surface area is 90.2 Å². The Kier molecular flexibility index (Phi) is 2.26. The average Bonchev–Trinajstić information content (AvgIpc) is 2.91. The van der Waals surface area contributed by atoms with Crippen LogP contribution >= 0.6 is 11.6 Å². The maximum atomic E-state index is 13.2. The number of ether oxygens (including phenoxy) is 1. The number of hydrogen-bond acceptors (Lipinski definition) is 3. The zero-order chi connectivity index (χ0) is 11.1. The maximum Gasteiger partial charge on any atom is 0.261 e. The van der Waals surface area contributed by atoms with Crippen LogP contribution < -0.4 is 10.5 Å². The van der Waals surface area contributed by atoms with Crippen molar-refractivity contribution in [3.8, 4) is 5.75 Å². The normalized spacial score (nSPS) is 17.2. The Hall–Kier alpha value is -1.36. The van der Waals surface area contributed by atoms with Gasteiger partial charge in [-0.15, -0.1) is 0 Å². The molecule has 1 aromatic heterocycles. The molecular weight excluding hydrogens is 223 g/mol. The van der Waals surface area contributed by atoms with Crippen molar-refractivity contribution in [1.29, 1.82) is 0 Å². The largest absolute Gasteiger partial charge is 0.473 e. The monoisotopic (exact) mass is 230 g/mol. The van der Waals surface area contributed by atoms with Crippen LogP contribution in [0.2, 0.25) is 5.15 Å². The molecule has 1 heterocycles. The summed E-state index contributed by atoms with van der Waals surface area (Å²) < 4.78 is 18.4. The van der Waals surface area contributed by atoms with Crippen molar-refractivity contribution in [2.24, 2.45) is 5.73 Å². The Morgan fingerprint density at radius 2 is 2.27 bits per heavy atom. The van der Waals surface area contributed by atoms with Gasteiger partial charge in [0.1, 0.15) is 5.15 Å². The van der Waals surface area contributed by atoms with Crippen LogP contribution in [0.5, 0.6) is 5.75 Å². The number of rotatable bonds is 3. The van der Waals surface area contributed by atoms with E-state index in [4.69, 9.17) is 22.1 Å². The molecule has 2 N–H and O–H groups in total. The van der Waals surface area contributed by atoms with Crippen molar-refractivity contribution in [3.05, 3.63) is 23.2 Å². The molecule has 0 aliphatic heterocycles.